The number of nitrogens with two attached hydrogens (primary N) is 1. The number of azo groups is 1. The standard InChI is InChI=1S/C16H12ClN3O3S/c17-12-7-3-4-8-13(12)19-20-14-9-15(24(21,22)23)10-5-1-2-6-11(10)16(14)18/h1-9H,18H2,(H,21,22,23)/b20-19+. The first-order valence-corrected chi connectivity index (χ1v) is 8.64. The van der Waals surface area contributed by atoms with Gasteiger partial charge in [0, 0.05) is 10.8 Å². The van der Waals surface area contributed by atoms with Crippen molar-refractivity contribution in [2.24, 2.45) is 10.2 Å². The third kappa shape index (κ3) is 3.09. The Hall–Kier alpha value is -2.48. The summed E-state index contributed by atoms with van der Waals surface area (Å²) in [6, 6.07) is 14.6. The van der Waals surface area contributed by atoms with Crippen LogP contribution in [0, 0.1) is 0 Å². The molecule has 8 heteroatoms. The van der Waals surface area contributed by atoms with E-state index in [4.69, 9.17) is 17.3 Å². The molecule has 0 heterocycles. The minimum Gasteiger partial charge on any atom is -0.396 e. The molecule has 122 valence electrons. The monoisotopic (exact) mass is 361 g/mol. The zero-order chi connectivity index (χ0) is 17.3. The highest BCUT2D eigenvalue weighted by Crippen LogP contribution is 2.37. The van der Waals surface area contributed by atoms with Gasteiger partial charge < -0.3 is 5.73 Å². The second-order valence-corrected chi connectivity index (χ2v) is 6.78. The maximum Gasteiger partial charge on any atom is 0.295 e. The third-order valence-corrected chi connectivity index (χ3v) is 4.64. The largest absolute Gasteiger partial charge is 0.396 e. The van der Waals surface area contributed by atoms with E-state index in [-0.39, 0.29) is 16.3 Å². The van der Waals surface area contributed by atoms with E-state index in [1.807, 2.05) is 0 Å². The van der Waals surface area contributed by atoms with Crippen molar-refractivity contribution in [3.8, 4) is 0 Å². The zero-order valence-electron chi connectivity index (χ0n) is 12.2. The van der Waals surface area contributed by atoms with Crippen LogP contribution in [0.4, 0.5) is 17.1 Å². The summed E-state index contributed by atoms with van der Waals surface area (Å²) in [7, 11) is -4.44. The Morgan fingerprint density at radius 3 is 2.17 bits per heavy atom. The Kier molecular flexibility index (Phi) is 4.23. The number of rotatable bonds is 3. The number of hydrogen-bond donors (Lipinski definition) is 2. The van der Waals surface area contributed by atoms with Crippen LogP contribution in [-0.2, 0) is 10.1 Å². The topological polar surface area (TPSA) is 105 Å². The SMILES string of the molecule is Nc1c(/N=N/c2ccccc2Cl)cc(S(=O)(=O)O)c2ccccc12. The average molecular weight is 362 g/mol. The van der Waals surface area contributed by atoms with E-state index >= 15 is 0 Å². The summed E-state index contributed by atoms with van der Waals surface area (Å²) in [6.07, 6.45) is 0. The molecule has 0 amide bonds. The third-order valence-electron chi connectivity index (χ3n) is 3.42. The molecule has 3 aromatic carbocycles. The number of hydrogen-bond acceptors (Lipinski definition) is 5. The van der Waals surface area contributed by atoms with Crippen LogP contribution in [0.2, 0.25) is 5.02 Å². The van der Waals surface area contributed by atoms with Gasteiger partial charge in [-0.25, -0.2) is 0 Å². The quantitative estimate of drug-likeness (QED) is 0.399. The van der Waals surface area contributed by atoms with Crippen molar-refractivity contribution in [1.29, 1.82) is 0 Å². The van der Waals surface area contributed by atoms with Crippen molar-refractivity contribution >= 4 is 49.6 Å². The number of anilines is 1. The summed E-state index contributed by atoms with van der Waals surface area (Å²) in [5, 5.41) is 9.18. The van der Waals surface area contributed by atoms with Crippen LogP contribution in [0.15, 0.2) is 69.7 Å². The van der Waals surface area contributed by atoms with Crippen molar-refractivity contribution < 1.29 is 13.0 Å². The first kappa shape index (κ1) is 16.4. The molecule has 0 atom stereocenters. The first-order chi connectivity index (χ1) is 11.4. The summed E-state index contributed by atoms with van der Waals surface area (Å²) < 4.78 is 32.8. The fourth-order valence-corrected chi connectivity index (χ4v) is 3.18. The number of nitrogen functional groups attached to an aromatic ring is 1. The van der Waals surface area contributed by atoms with Crippen molar-refractivity contribution in [3.63, 3.8) is 0 Å². The Morgan fingerprint density at radius 2 is 1.50 bits per heavy atom. The average Bonchev–Trinajstić information content (AvgIpc) is 2.54. The highest BCUT2D eigenvalue weighted by molar-refractivity contribution is 7.86. The molecule has 6 nitrogen and oxygen atoms in total. The van der Waals surface area contributed by atoms with Crippen LogP contribution in [0.1, 0.15) is 0 Å². The van der Waals surface area contributed by atoms with Crippen molar-refractivity contribution in [1.82, 2.24) is 0 Å². The molecule has 0 aliphatic rings. The molecule has 0 saturated heterocycles. The Bertz CT molecular complexity index is 1070. The summed E-state index contributed by atoms with van der Waals surface area (Å²) in [4.78, 5) is -0.277. The molecule has 3 rings (SSSR count). The van der Waals surface area contributed by atoms with Crippen LogP contribution in [0.3, 0.4) is 0 Å². The molecule has 0 bridgehead atoms. The molecule has 3 aromatic rings. The highest BCUT2D eigenvalue weighted by atomic mass is 35.5. The van der Waals surface area contributed by atoms with Gasteiger partial charge in [0.05, 0.1) is 10.7 Å². The van der Waals surface area contributed by atoms with Crippen LogP contribution < -0.4 is 5.73 Å². The maximum absolute atomic E-state index is 11.7. The van der Waals surface area contributed by atoms with Crippen LogP contribution in [0.5, 0.6) is 0 Å². The van der Waals surface area contributed by atoms with Gasteiger partial charge in [-0.05, 0) is 18.2 Å². The summed E-state index contributed by atoms with van der Waals surface area (Å²) >= 11 is 6.01. The van der Waals surface area contributed by atoms with Gasteiger partial charge in [-0.1, -0.05) is 48.0 Å². The molecule has 0 fully saturated rings. The van der Waals surface area contributed by atoms with Gasteiger partial charge in [0.15, 0.2) is 0 Å². The normalized spacial score (nSPS) is 12.1. The fraction of sp³-hybridized carbons (Fsp3) is 0. The Labute approximate surface area is 143 Å². The molecule has 0 saturated carbocycles. The second-order valence-electron chi connectivity index (χ2n) is 4.98. The van der Waals surface area contributed by atoms with Crippen LogP contribution in [-0.4, -0.2) is 13.0 Å². The van der Waals surface area contributed by atoms with Crippen molar-refractivity contribution in [2.75, 3.05) is 5.73 Å². The van der Waals surface area contributed by atoms with Gasteiger partial charge in [-0.3, -0.25) is 4.55 Å². The molecular weight excluding hydrogens is 350 g/mol. The van der Waals surface area contributed by atoms with Gasteiger partial charge in [-0.2, -0.15) is 8.42 Å². The van der Waals surface area contributed by atoms with E-state index in [9.17, 15) is 13.0 Å². The predicted octanol–water partition coefficient (Wildman–Crippen LogP) is 4.74. The minimum absolute atomic E-state index is 0.126. The molecular formula is C16H12ClN3O3S. The number of nitrogens with zero attached hydrogens (tertiary/aromatic N) is 2. The Morgan fingerprint density at radius 1 is 0.917 bits per heavy atom. The molecule has 0 aromatic heterocycles. The number of fused-ring (bicyclic) bond motifs is 1. The fourth-order valence-electron chi connectivity index (χ4n) is 2.29. The van der Waals surface area contributed by atoms with Gasteiger partial charge in [0.2, 0.25) is 0 Å². The van der Waals surface area contributed by atoms with Crippen LogP contribution >= 0.6 is 11.6 Å². The van der Waals surface area contributed by atoms with Crippen molar-refractivity contribution in [3.05, 3.63) is 59.6 Å². The minimum atomic E-state index is -4.44. The summed E-state index contributed by atoms with van der Waals surface area (Å²) in [5.74, 6) is 0. The number of benzene rings is 3. The van der Waals surface area contributed by atoms with Gasteiger partial charge >= 0.3 is 0 Å². The lowest BCUT2D eigenvalue weighted by Gasteiger charge is -2.09. The van der Waals surface area contributed by atoms with E-state index in [1.54, 1.807) is 48.5 Å². The second kappa shape index (κ2) is 6.20. The number of halogens is 1. The molecule has 0 aliphatic carbocycles. The molecule has 24 heavy (non-hydrogen) atoms. The molecule has 3 N–H and O–H groups in total. The molecule has 0 spiro atoms. The lowest BCUT2D eigenvalue weighted by atomic mass is 10.1. The summed E-state index contributed by atoms with van der Waals surface area (Å²) in [5.41, 5.74) is 6.87. The van der Waals surface area contributed by atoms with E-state index in [0.717, 1.165) is 0 Å². The Balaban J connectivity index is 2.22. The lowest BCUT2D eigenvalue weighted by Crippen LogP contribution is -2.01. The van der Waals surface area contributed by atoms with Crippen molar-refractivity contribution in [2.45, 2.75) is 4.90 Å². The van der Waals surface area contributed by atoms with E-state index in [0.29, 0.717) is 21.5 Å². The van der Waals surface area contributed by atoms with E-state index in [1.165, 1.54) is 6.07 Å². The smallest absolute Gasteiger partial charge is 0.295 e. The highest BCUT2D eigenvalue weighted by Gasteiger charge is 2.18. The van der Waals surface area contributed by atoms with Crippen LogP contribution in [0.25, 0.3) is 10.8 Å². The molecule has 0 aliphatic heterocycles. The maximum atomic E-state index is 11.7. The van der Waals surface area contributed by atoms with Gasteiger partial charge in [0.1, 0.15) is 16.3 Å². The lowest BCUT2D eigenvalue weighted by molar-refractivity contribution is 0.484. The zero-order valence-corrected chi connectivity index (χ0v) is 13.8. The summed E-state index contributed by atoms with van der Waals surface area (Å²) in [6.45, 7) is 0. The van der Waals surface area contributed by atoms with E-state index < -0.39 is 10.1 Å². The first-order valence-electron chi connectivity index (χ1n) is 6.83. The van der Waals surface area contributed by atoms with Gasteiger partial charge in [-0.15, -0.1) is 10.2 Å². The predicted molar refractivity (Wildman–Crippen MR) is 93.8 cm³/mol. The molecule has 0 unspecified atom stereocenters. The van der Waals surface area contributed by atoms with Gasteiger partial charge in [0.25, 0.3) is 10.1 Å². The van der Waals surface area contributed by atoms with E-state index in [2.05, 4.69) is 10.2 Å². The molecule has 0 radical (unpaired) electrons.